The predicted molar refractivity (Wildman–Crippen MR) is 48.7 cm³/mol. The molecule has 0 radical (unpaired) electrons. The maximum Gasteiger partial charge on any atom is 0.103 e. The van der Waals surface area contributed by atoms with Crippen LogP contribution in [0.1, 0.15) is 5.56 Å². The molecular formula is C8H5N3S. The summed E-state index contributed by atoms with van der Waals surface area (Å²) in [5.41, 5.74) is 7.57. The first-order chi connectivity index (χ1) is 5.83. The zero-order chi connectivity index (χ0) is 8.55. The van der Waals surface area contributed by atoms with Crippen LogP contribution < -0.4 is 5.73 Å². The Morgan fingerprint density at radius 1 is 1.58 bits per heavy atom. The second-order valence-corrected chi connectivity index (χ2v) is 3.25. The molecule has 3 nitrogen and oxygen atoms in total. The van der Waals surface area contributed by atoms with Gasteiger partial charge in [-0.05, 0) is 11.4 Å². The number of aromatic nitrogens is 1. The van der Waals surface area contributed by atoms with Gasteiger partial charge in [0.1, 0.15) is 6.07 Å². The lowest BCUT2D eigenvalue weighted by atomic mass is 10.2. The van der Waals surface area contributed by atoms with Gasteiger partial charge in [-0.15, -0.1) is 11.3 Å². The molecule has 2 aromatic heterocycles. The highest BCUT2D eigenvalue weighted by molar-refractivity contribution is 7.17. The Morgan fingerprint density at radius 2 is 2.42 bits per heavy atom. The van der Waals surface area contributed by atoms with E-state index in [4.69, 9.17) is 11.0 Å². The topological polar surface area (TPSA) is 62.7 Å². The van der Waals surface area contributed by atoms with Crippen molar-refractivity contribution in [3.63, 3.8) is 0 Å². The molecule has 0 aliphatic heterocycles. The SMILES string of the molecule is N#Cc1cnc2ccsc2c1N. The van der Waals surface area contributed by atoms with Gasteiger partial charge in [-0.25, -0.2) is 0 Å². The third-order valence-electron chi connectivity index (χ3n) is 1.63. The van der Waals surface area contributed by atoms with E-state index in [1.54, 1.807) is 0 Å². The molecule has 0 spiro atoms. The largest absolute Gasteiger partial charge is 0.396 e. The van der Waals surface area contributed by atoms with Crippen LogP contribution >= 0.6 is 11.3 Å². The van der Waals surface area contributed by atoms with E-state index in [0.29, 0.717) is 11.3 Å². The fourth-order valence-corrected chi connectivity index (χ4v) is 1.83. The van der Waals surface area contributed by atoms with Gasteiger partial charge in [0.2, 0.25) is 0 Å². The fraction of sp³-hybridized carbons (Fsp3) is 0. The summed E-state index contributed by atoms with van der Waals surface area (Å²) in [6.07, 6.45) is 1.50. The second-order valence-electron chi connectivity index (χ2n) is 2.33. The number of hydrogen-bond acceptors (Lipinski definition) is 4. The highest BCUT2D eigenvalue weighted by Crippen LogP contribution is 2.26. The van der Waals surface area contributed by atoms with Crippen molar-refractivity contribution in [2.24, 2.45) is 0 Å². The molecule has 0 unspecified atom stereocenters. The molecule has 0 fully saturated rings. The smallest absolute Gasteiger partial charge is 0.103 e. The molecule has 0 saturated heterocycles. The van der Waals surface area contributed by atoms with E-state index in [1.165, 1.54) is 17.5 Å². The minimum atomic E-state index is 0.449. The number of hydrogen-bond donors (Lipinski definition) is 1. The maximum atomic E-state index is 8.65. The number of thiophene rings is 1. The Bertz CT molecular complexity index is 467. The summed E-state index contributed by atoms with van der Waals surface area (Å²) in [5.74, 6) is 0. The van der Waals surface area contributed by atoms with Crippen molar-refractivity contribution in [1.29, 1.82) is 5.26 Å². The highest BCUT2D eigenvalue weighted by atomic mass is 32.1. The van der Waals surface area contributed by atoms with Gasteiger partial charge in [0, 0.05) is 6.20 Å². The van der Waals surface area contributed by atoms with Gasteiger partial charge in [-0.2, -0.15) is 5.26 Å². The van der Waals surface area contributed by atoms with Crippen molar-refractivity contribution in [3.8, 4) is 6.07 Å². The van der Waals surface area contributed by atoms with Crippen LogP contribution in [0.3, 0.4) is 0 Å². The summed E-state index contributed by atoms with van der Waals surface area (Å²) in [6.45, 7) is 0. The van der Waals surface area contributed by atoms with E-state index < -0.39 is 0 Å². The van der Waals surface area contributed by atoms with Gasteiger partial charge >= 0.3 is 0 Å². The molecule has 0 atom stereocenters. The Hall–Kier alpha value is -1.60. The molecule has 58 valence electrons. The van der Waals surface area contributed by atoms with Gasteiger partial charge in [-0.3, -0.25) is 4.98 Å². The molecule has 2 heterocycles. The van der Waals surface area contributed by atoms with Crippen LogP contribution in [0.15, 0.2) is 17.6 Å². The molecule has 0 amide bonds. The summed E-state index contributed by atoms with van der Waals surface area (Å²) in [7, 11) is 0. The number of nitrogens with two attached hydrogens (primary N) is 1. The fourth-order valence-electron chi connectivity index (χ4n) is 1.02. The number of nitriles is 1. The number of fused-ring (bicyclic) bond motifs is 1. The number of pyridine rings is 1. The van der Waals surface area contributed by atoms with Crippen molar-refractivity contribution in [2.45, 2.75) is 0 Å². The first kappa shape index (κ1) is 7.07. The van der Waals surface area contributed by atoms with E-state index >= 15 is 0 Å². The molecule has 0 aliphatic carbocycles. The third-order valence-corrected chi connectivity index (χ3v) is 2.57. The second kappa shape index (κ2) is 2.47. The summed E-state index contributed by atoms with van der Waals surface area (Å²) >= 11 is 1.50. The monoisotopic (exact) mass is 175 g/mol. The van der Waals surface area contributed by atoms with E-state index in [1.807, 2.05) is 17.5 Å². The molecule has 0 aromatic carbocycles. The first-order valence-corrected chi connectivity index (χ1v) is 4.22. The normalized spacial score (nSPS) is 9.92. The molecule has 0 bridgehead atoms. The van der Waals surface area contributed by atoms with Crippen LogP contribution in [0.2, 0.25) is 0 Å². The summed E-state index contributed by atoms with van der Waals surface area (Å²) in [5, 5.41) is 10.6. The van der Waals surface area contributed by atoms with Crippen molar-refractivity contribution in [3.05, 3.63) is 23.2 Å². The van der Waals surface area contributed by atoms with E-state index in [0.717, 1.165) is 10.2 Å². The van der Waals surface area contributed by atoms with Crippen LogP contribution in [0.25, 0.3) is 10.2 Å². The lowest BCUT2D eigenvalue weighted by Gasteiger charge is -1.96. The van der Waals surface area contributed by atoms with Crippen LogP contribution in [0, 0.1) is 11.3 Å². The molecule has 2 aromatic rings. The molecule has 0 saturated carbocycles. The quantitative estimate of drug-likeness (QED) is 0.663. The standard InChI is InChI=1S/C8H5N3S/c9-3-5-4-11-6-1-2-12-8(6)7(5)10/h1-2,4H,(H2,10,11). The molecule has 0 aliphatic rings. The van der Waals surface area contributed by atoms with Gasteiger partial charge in [0.25, 0.3) is 0 Å². The lowest BCUT2D eigenvalue weighted by molar-refractivity contribution is 1.38. The molecular weight excluding hydrogens is 170 g/mol. The van der Waals surface area contributed by atoms with Crippen molar-refractivity contribution < 1.29 is 0 Å². The predicted octanol–water partition coefficient (Wildman–Crippen LogP) is 1.75. The Balaban J connectivity index is 2.89. The van der Waals surface area contributed by atoms with Crippen LogP contribution in [0.4, 0.5) is 5.69 Å². The number of nitrogens with zero attached hydrogens (tertiary/aromatic N) is 2. The minimum absolute atomic E-state index is 0.449. The molecule has 2 N–H and O–H groups in total. The first-order valence-electron chi connectivity index (χ1n) is 3.34. The van der Waals surface area contributed by atoms with Gasteiger partial charge < -0.3 is 5.73 Å². The Kier molecular flexibility index (Phi) is 1.45. The number of anilines is 1. The number of nitrogen functional groups attached to an aromatic ring is 1. The third kappa shape index (κ3) is 0.840. The van der Waals surface area contributed by atoms with E-state index in [9.17, 15) is 0 Å². The minimum Gasteiger partial charge on any atom is -0.396 e. The Morgan fingerprint density at radius 3 is 3.17 bits per heavy atom. The molecule has 4 heteroatoms. The van der Waals surface area contributed by atoms with Crippen LogP contribution in [-0.4, -0.2) is 4.98 Å². The molecule has 12 heavy (non-hydrogen) atoms. The lowest BCUT2D eigenvalue weighted by Crippen LogP contribution is -1.91. The average Bonchev–Trinajstić information content (AvgIpc) is 2.53. The average molecular weight is 175 g/mol. The molecule has 2 rings (SSSR count). The summed E-state index contributed by atoms with van der Waals surface area (Å²) < 4.78 is 0.897. The van der Waals surface area contributed by atoms with Gasteiger partial charge in [0.05, 0.1) is 21.5 Å². The summed E-state index contributed by atoms with van der Waals surface area (Å²) in [4.78, 5) is 4.08. The van der Waals surface area contributed by atoms with Crippen LogP contribution in [-0.2, 0) is 0 Å². The van der Waals surface area contributed by atoms with Crippen molar-refractivity contribution >= 4 is 27.2 Å². The zero-order valence-electron chi connectivity index (χ0n) is 6.11. The van der Waals surface area contributed by atoms with Gasteiger partial charge in [-0.1, -0.05) is 0 Å². The maximum absolute atomic E-state index is 8.65. The van der Waals surface area contributed by atoms with Gasteiger partial charge in [0.15, 0.2) is 0 Å². The van der Waals surface area contributed by atoms with Crippen LogP contribution in [0.5, 0.6) is 0 Å². The van der Waals surface area contributed by atoms with E-state index in [-0.39, 0.29) is 0 Å². The summed E-state index contributed by atoms with van der Waals surface area (Å²) in [6, 6.07) is 3.88. The Labute approximate surface area is 73.1 Å². The van der Waals surface area contributed by atoms with Crippen molar-refractivity contribution in [2.75, 3.05) is 5.73 Å². The number of rotatable bonds is 0. The van der Waals surface area contributed by atoms with E-state index in [2.05, 4.69) is 4.98 Å². The highest BCUT2D eigenvalue weighted by Gasteiger charge is 2.04. The zero-order valence-corrected chi connectivity index (χ0v) is 6.93. The van der Waals surface area contributed by atoms with Crippen molar-refractivity contribution in [1.82, 2.24) is 4.98 Å².